The molecule has 1 fully saturated rings. The second kappa shape index (κ2) is 8.80. The lowest BCUT2D eigenvalue weighted by Gasteiger charge is -2.31. The van der Waals surface area contributed by atoms with E-state index in [0.29, 0.717) is 26.2 Å². The third kappa shape index (κ3) is 4.27. The van der Waals surface area contributed by atoms with Crippen molar-refractivity contribution in [1.82, 2.24) is 10.2 Å². The molecule has 8 heteroatoms. The minimum Gasteiger partial charge on any atom is -0.376 e. The Bertz CT molecular complexity index is 570. The minimum absolute atomic E-state index is 0. The lowest BCUT2D eigenvalue weighted by molar-refractivity contribution is -0.126. The van der Waals surface area contributed by atoms with E-state index >= 15 is 0 Å². The SMILES string of the molecule is Cl.NCCNC(=O)C1CCCN(C(=O)c2cc3c(s2)CCOC3)C1. The number of hydrogen-bond donors (Lipinski definition) is 2. The molecule has 1 aromatic heterocycles. The van der Waals surface area contributed by atoms with Gasteiger partial charge in [-0.1, -0.05) is 0 Å². The molecule has 1 atom stereocenters. The molecule has 2 amide bonds. The molecule has 6 nitrogen and oxygen atoms in total. The fraction of sp³-hybridized carbons (Fsp3) is 0.625. The summed E-state index contributed by atoms with van der Waals surface area (Å²) in [5.41, 5.74) is 6.56. The van der Waals surface area contributed by atoms with Crippen LogP contribution in [-0.2, 0) is 22.6 Å². The number of hydrogen-bond acceptors (Lipinski definition) is 5. The van der Waals surface area contributed by atoms with Crippen LogP contribution in [0.5, 0.6) is 0 Å². The van der Waals surface area contributed by atoms with Crippen molar-refractivity contribution in [3.8, 4) is 0 Å². The number of ether oxygens (including phenoxy) is 1. The molecule has 2 aliphatic rings. The number of fused-ring (bicyclic) bond motifs is 1. The smallest absolute Gasteiger partial charge is 0.263 e. The van der Waals surface area contributed by atoms with Crippen molar-refractivity contribution in [2.24, 2.45) is 11.7 Å². The highest BCUT2D eigenvalue weighted by Crippen LogP contribution is 2.29. The molecule has 1 saturated heterocycles. The predicted molar refractivity (Wildman–Crippen MR) is 95.6 cm³/mol. The van der Waals surface area contributed by atoms with Crippen molar-refractivity contribution < 1.29 is 14.3 Å². The number of thiophene rings is 1. The van der Waals surface area contributed by atoms with Gasteiger partial charge >= 0.3 is 0 Å². The van der Waals surface area contributed by atoms with Crippen molar-refractivity contribution in [2.75, 3.05) is 32.8 Å². The summed E-state index contributed by atoms with van der Waals surface area (Å²) in [5, 5.41) is 2.83. The van der Waals surface area contributed by atoms with Crippen LogP contribution in [0.2, 0.25) is 0 Å². The van der Waals surface area contributed by atoms with E-state index in [1.165, 1.54) is 4.88 Å². The van der Waals surface area contributed by atoms with Gasteiger partial charge in [0.25, 0.3) is 5.91 Å². The Kier molecular flexibility index (Phi) is 7.03. The Hall–Kier alpha value is -1.15. The van der Waals surface area contributed by atoms with Crippen molar-refractivity contribution in [3.05, 3.63) is 21.4 Å². The van der Waals surface area contributed by atoms with E-state index in [2.05, 4.69) is 5.32 Å². The molecule has 0 radical (unpaired) electrons. The quantitative estimate of drug-likeness (QED) is 0.829. The van der Waals surface area contributed by atoms with Crippen LogP contribution in [0, 0.1) is 5.92 Å². The normalized spacial score (nSPS) is 20.0. The highest BCUT2D eigenvalue weighted by Gasteiger charge is 2.30. The fourth-order valence-corrected chi connectivity index (χ4v) is 4.24. The van der Waals surface area contributed by atoms with Gasteiger partial charge in [-0.05, 0) is 24.5 Å². The lowest BCUT2D eigenvalue weighted by Crippen LogP contribution is -2.46. The molecule has 3 heterocycles. The van der Waals surface area contributed by atoms with Crippen LogP contribution in [0.25, 0.3) is 0 Å². The summed E-state index contributed by atoms with van der Waals surface area (Å²) in [6, 6.07) is 1.96. The van der Waals surface area contributed by atoms with Gasteiger partial charge in [-0.3, -0.25) is 9.59 Å². The average molecular weight is 374 g/mol. The first-order valence-electron chi connectivity index (χ1n) is 8.15. The third-order valence-electron chi connectivity index (χ3n) is 4.36. The molecule has 1 unspecified atom stereocenters. The van der Waals surface area contributed by atoms with Crippen molar-refractivity contribution >= 4 is 35.6 Å². The van der Waals surface area contributed by atoms with Crippen LogP contribution in [0.15, 0.2) is 6.07 Å². The van der Waals surface area contributed by atoms with Crippen molar-refractivity contribution in [2.45, 2.75) is 25.9 Å². The standard InChI is InChI=1S/C16H23N3O3S.ClH/c17-4-5-18-15(20)11-2-1-6-19(9-11)16(21)14-8-12-10-22-7-3-13(12)23-14;/h8,11H,1-7,9-10,17H2,(H,18,20);1H. The lowest BCUT2D eigenvalue weighted by atomic mass is 9.97. The van der Waals surface area contributed by atoms with Crippen LogP contribution in [0.3, 0.4) is 0 Å². The molecule has 3 N–H and O–H groups in total. The molecule has 1 aromatic rings. The summed E-state index contributed by atoms with van der Waals surface area (Å²) in [6.07, 6.45) is 2.58. The van der Waals surface area contributed by atoms with Crippen LogP contribution in [-0.4, -0.2) is 49.5 Å². The minimum atomic E-state index is -0.128. The summed E-state index contributed by atoms with van der Waals surface area (Å²) in [5.74, 6) is -0.0790. The molecule has 2 aliphatic heterocycles. The highest BCUT2D eigenvalue weighted by atomic mass is 35.5. The maximum atomic E-state index is 12.7. The maximum absolute atomic E-state index is 12.7. The monoisotopic (exact) mass is 373 g/mol. The van der Waals surface area contributed by atoms with Gasteiger partial charge in [0, 0.05) is 37.5 Å². The van der Waals surface area contributed by atoms with Crippen LogP contribution >= 0.6 is 23.7 Å². The summed E-state index contributed by atoms with van der Waals surface area (Å²) >= 11 is 1.57. The van der Waals surface area contributed by atoms with Crippen LogP contribution in [0.1, 0.15) is 33.0 Å². The Morgan fingerprint density at radius 3 is 3.04 bits per heavy atom. The van der Waals surface area contributed by atoms with E-state index in [9.17, 15) is 9.59 Å². The summed E-state index contributed by atoms with van der Waals surface area (Å²) in [4.78, 5) is 28.7. The number of likely N-dealkylation sites (tertiary alicyclic amines) is 1. The van der Waals surface area contributed by atoms with Gasteiger partial charge in [-0.2, -0.15) is 0 Å². The number of carbonyl (C=O) groups is 2. The summed E-state index contributed by atoms with van der Waals surface area (Å²) in [6.45, 7) is 3.47. The van der Waals surface area contributed by atoms with Gasteiger partial charge in [0.05, 0.1) is 24.0 Å². The van der Waals surface area contributed by atoms with Gasteiger partial charge in [-0.25, -0.2) is 0 Å². The maximum Gasteiger partial charge on any atom is 0.263 e. The van der Waals surface area contributed by atoms with E-state index in [1.807, 2.05) is 11.0 Å². The zero-order valence-corrected chi connectivity index (χ0v) is 15.2. The first-order chi connectivity index (χ1) is 11.2. The number of carbonyl (C=O) groups excluding carboxylic acids is 2. The first kappa shape index (κ1) is 19.2. The molecule has 0 spiro atoms. The largest absolute Gasteiger partial charge is 0.376 e. The molecule has 0 aliphatic carbocycles. The molecule has 24 heavy (non-hydrogen) atoms. The predicted octanol–water partition coefficient (Wildman–Crippen LogP) is 1.17. The second-order valence-corrected chi connectivity index (χ2v) is 7.17. The fourth-order valence-electron chi connectivity index (χ4n) is 3.12. The van der Waals surface area contributed by atoms with Gasteiger partial charge in [-0.15, -0.1) is 23.7 Å². The molecule has 3 rings (SSSR count). The average Bonchev–Trinajstić information content (AvgIpc) is 3.03. The van der Waals surface area contributed by atoms with Gasteiger partial charge in [0.2, 0.25) is 5.91 Å². The van der Waals surface area contributed by atoms with Gasteiger partial charge < -0.3 is 20.7 Å². The molecule has 0 saturated carbocycles. The number of halogens is 1. The topological polar surface area (TPSA) is 84.7 Å². The molecule has 0 bridgehead atoms. The van der Waals surface area contributed by atoms with Crippen LogP contribution < -0.4 is 11.1 Å². The Morgan fingerprint density at radius 1 is 1.46 bits per heavy atom. The molecule has 0 aromatic carbocycles. The zero-order valence-electron chi connectivity index (χ0n) is 13.6. The van der Waals surface area contributed by atoms with Crippen LogP contribution in [0.4, 0.5) is 0 Å². The number of piperidine rings is 1. The number of nitrogens with zero attached hydrogens (tertiary/aromatic N) is 1. The van der Waals surface area contributed by atoms with Crippen molar-refractivity contribution in [1.29, 1.82) is 0 Å². The Balaban J connectivity index is 0.00000208. The number of nitrogens with two attached hydrogens (primary N) is 1. The van der Waals surface area contributed by atoms with E-state index in [0.717, 1.165) is 42.9 Å². The van der Waals surface area contributed by atoms with Crippen molar-refractivity contribution in [3.63, 3.8) is 0 Å². The van der Waals surface area contributed by atoms with E-state index in [4.69, 9.17) is 10.5 Å². The van der Waals surface area contributed by atoms with Gasteiger partial charge in [0.1, 0.15) is 0 Å². The Labute approximate surface area is 152 Å². The number of amides is 2. The van der Waals surface area contributed by atoms with E-state index in [-0.39, 0.29) is 30.1 Å². The number of nitrogens with one attached hydrogen (secondary N) is 1. The molecular formula is C16H24ClN3O3S. The third-order valence-corrected chi connectivity index (χ3v) is 5.59. The molecule has 134 valence electrons. The second-order valence-electron chi connectivity index (χ2n) is 6.03. The summed E-state index contributed by atoms with van der Waals surface area (Å²) < 4.78 is 5.44. The van der Waals surface area contributed by atoms with Gasteiger partial charge in [0.15, 0.2) is 0 Å². The zero-order chi connectivity index (χ0) is 16.2. The van der Waals surface area contributed by atoms with E-state index in [1.54, 1.807) is 11.3 Å². The van der Waals surface area contributed by atoms with E-state index < -0.39 is 0 Å². The highest BCUT2D eigenvalue weighted by molar-refractivity contribution is 7.14. The molecular weight excluding hydrogens is 350 g/mol. The summed E-state index contributed by atoms with van der Waals surface area (Å²) in [7, 11) is 0. The first-order valence-corrected chi connectivity index (χ1v) is 8.97. The number of rotatable bonds is 4. The Morgan fingerprint density at radius 2 is 2.29 bits per heavy atom.